The molecule has 0 saturated heterocycles. The van der Waals surface area contributed by atoms with Gasteiger partial charge in [0.1, 0.15) is 0 Å². The summed E-state index contributed by atoms with van der Waals surface area (Å²) in [5.41, 5.74) is 14.0. The van der Waals surface area contributed by atoms with E-state index in [1.165, 1.54) is 10.9 Å². The Hall–Kier alpha value is -8.41. The zero-order chi connectivity index (χ0) is 41.0. The molecule has 12 aromatic rings. The lowest BCUT2D eigenvalue weighted by atomic mass is 9.97. The average molecular weight is 792 g/mol. The van der Waals surface area contributed by atoms with Crippen LogP contribution in [0.3, 0.4) is 0 Å². The van der Waals surface area contributed by atoms with Gasteiger partial charge in [0.2, 0.25) is 5.95 Å². The first-order valence-corrected chi connectivity index (χ1v) is 21.0. The first-order chi connectivity index (χ1) is 30.8. The molecule has 0 aliphatic heterocycles. The summed E-state index contributed by atoms with van der Waals surface area (Å²) in [4.78, 5) is 16.1. The van der Waals surface area contributed by atoms with Crippen molar-refractivity contribution < 1.29 is 0 Å². The van der Waals surface area contributed by atoms with Crippen LogP contribution in [0.2, 0.25) is 0 Å². The zero-order valence-electron chi connectivity index (χ0n) is 33.6. The maximum atomic E-state index is 5.46. The van der Waals surface area contributed by atoms with Crippen molar-refractivity contribution in [2.24, 2.45) is 0 Å². The van der Waals surface area contributed by atoms with Gasteiger partial charge in [-0.05, 0) is 52.1 Å². The second-order valence-corrected chi connectivity index (χ2v) is 15.6. The van der Waals surface area contributed by atoms with Crippen molar-refractivity contribution in [2.75, 3.05) is 0 Å². The monoisotopic (exact) mass is 791 g/mol. The topological polar surface area (TPSA) is 48.5 Å². The standard InChI is InChI=1S/C57H37N5/c1-5-19-38(20-6-1)42-33-36-52(49(37-42)40-23-9-3-10-24-40)61-50-31-17-15-28-44(50)46-34-35-47-45-29-16-18-32-51(45)62(54(47)53(46)61)57-59-55(41-25-11-4-12-26-41)58-56(60-57)48-30-14-13-27-43(48)39-21-7-2-8-22-39/h1-37H. The van der Waals surface area contributed by atoms with Gasteiger partial charge in [0.05, 0.1) is 27.8 Å². The van der Waals surface area contributed by atoms with Gasteiger partial charge in [0.15, 0.2) is 11.6 Å². The Labute approximate surface area is 358 Å². The summed E-state index contributed by atoms with van der Waals surface area (Å²) in [5, 5.41) is 4.56. The molecule has 0 N–H and O–H groups in total. The van der Waals surface area contributed by atoms with E-state index in [4.69, 9.17) is 15.0 Å². The Morgan fingerprint density at radius 1 is 0.274 bits per heavy atom. The highest BCUT2D eigenvalue weighted by Gasteiger charge is 2.25. The molecule has 0 fully saturated rings. The van der Waals surface area contributed by atoms with Crippen LogP contribution in [0.1, 0.15) is 0 Å². The zero-order valence-corrected chi connectivity index (χ0v) is 33.6. The van der Waals surface area contributed by atoms with Crippen molar-refractivity contribution in [3.05, 3.63) is 224 Å². The van der Waals surface area contributed by atoms with E-state index in [0.29, 0.717) is 17.6 Å². The molecule has 0 atom stereocenters. The molecule has 12 rings (SSSR count). The molecule has 0 aliphatic rings. The van der Waals surface area contributed by atoms with E-state index in [-0.39, 0.29) is 0 Å². The largest absolute Gasteiger partial charge is 0.307 e. The second kappa shape index (κ2) is 14.7. The number of nitrogens with zero attached hydrogens (tertiary/aromatic N) is 5. The molecule has 5 heteroatoms. The van der Waals surface area contributed by atoms with Gasteiger partial charge in [-0.2, -0.15) is 9.97 Å². The summed E-state index contributed by atoms with van der Waals surface area (Å²) in [6.07, 6.45) is 0. The Bertz CT molecular complexity index is 3610. The van der Waals surface area contributed by atoms with Crippen LogP contribution in [0, 0.1) is 0 Å². The van der Waals surface area contributed by atoms with Crippen LogP contribution < -0.4 is 0 Å². The van der Waals surface area contributed by atoms with E-state index in [0.717, 1.165) is 82.9 Å². The number of hydrogen-bond donors (Lipinski definition) is 0. The van der Waals surface area contributed by atoms with Gasteiger partial charge in [-0.1, -0.05) is 200 Å². The van der Waals surface area contributed by atoms with Crippen molar-refractivity contribution in [1.29, 1.82) is 0 Å². The maximum absolute atomic E-state index is 5.46. The number of rotatable bonds is 7. The Morgan fingerprint density at radius 3 is 1.37 bits per heavy atom. The molecule has 3 aromatic heterocycles. The lowest BCUT2D eigenvalue weighted by molar-refractivity contribution is 0.953. The predicted molar refractivity (Wildman–Crippen MR) is 256 cm³/mol. The quantitative estimate of drug-likeness (QED) is 0.162. The highest BCUT2D eigenvalue weighted by atomic mass is 15.2. The molecule has 62 heavy (non-hydrogen) atoms. The van der Waals surface area contributed by atoms with Crippen LogP contribution >= 0.6 is 0 Å². The Balaban J connectivity index is 1.21. The highest BCUT2D eigenvalue weighted by molar-refractivity contribution is 6.24. The summed E-state index contributed by atoms with van der Waals surface area (Å²) in [6, 6.07) is 79.2. The third-order valence-corrected chi connectivity index (χ3v) is 12.0. The number of benzene rings is 9. The predicted octanol–water partition coefficient (Wildman–Crippen LogP) is 14.4. The summed E-state index contributed by atoms with van der Waals surface area (Å²) in [7, 11) is 0. The Kier molecular flexibility index (Phi) is 8.42. The number of fused-ring (bicyclic) bond motifs is 7. The highest BCUT2D eigenvalue weighted by Crippen LogP contribution is 2.44. The molecule has 5 nitrogen and oxygen atoms in total. The van der Waals surface area contributed by atoms with Gasteiger partial charge in [-0.3, -0.25) is 4.57 Å². The van der Waals surface area contributed by atoms with Crippen molar-refractivity contribution in [3.8, 4) is 67.8 Å². The van der Waals surface area contributed by atoms with E-state index in [2.05, 4.69) is 209 Å². The second-order valence-electron chi connectivity index (χ2n) is 15.6. The average Bonchev–Trinajstić information content (AvgIpc) is 3.88. The summed E-state index contributed by atoms with van der Waals surface area (Å²) >= 11 is 0. The van der Waals surface area contributed by atoms with Crippen LogP contribution in [-0.4, -0.2) is 24.1 Å². The summed E-state index contributed by atoms with van der Waals surface area (Å²) < 4.78 is 4.73. The maximum Gasteiger partial charge on any atom is 0.238 e. The molecule has 290 valence electrons. The number of hydrogen-bond acceptors (Lipinski definition) is 3. The molecular formula is C57H37N5. The lowest BCUT2D eigenvalue weighted by Crippen LogP contribution is -2.07. The number of aromatic nitrogens is 5. The first kappa shape index (κ1) is 35.5. The van der Waals surface area contributed by atoms with Gasteiger partial charge in [-0.15, -0.1) is 0 Å². The molecule has 0 amide bonds. The molecule has 0 radical (unpaired) electrons. The van der Waals surface area contributed by atoms with E-state index in [9.17, 15) is 0 Å². The van der Waals surface area contributed by atoms with E-state index in [1.54, 1.807) is 0 Å². The fraction of sp³-hybridized carbons (Fsp3) is 0. The van der Waals surface area contributed by atoms with Gasteiger partial charge in [0.25, 0.3) is 0 Å². The van der Waals surface area contributed by atoms with Crippen LogP contribution in [0.25, 0.3) is 111 Å². The van der Waals surface area contributed by atoms with Gasteiger partial charge >= 0.3 is 0 Å². The molecular weight excluding hydrogens is 755 g/mol. The minimum absolute atomic E-state index is 0.551. The van der Waals surface area contributed by atoms with Gasteiger partial charge < -0.3 is 4.57 Å². The fourth-order valence-corrected chi connectivity index (χ4v) is 9.20. The third kappa shape index (κ3) is 5.82. The molecule has 0 bridgehead atoms. The molecule has 0 aliphatic carbocycles. The van der Waals surface area contributed by atoms with E-state index < -0.39 is 0 Å². The molecule has 9 aromatic carbocycles. The molecule has 3 heterocycles. The van der Waals surface area contributed by atoms with Gasteiger partial charge in [0, 0.05) is 38.2 Å². The van der Waals surface area contributed by atoms with Crippen molar-refractivity contribution in [2.45, 2.75) is 0 Å². The number of para-hydroxylation sites is 2. The third-order valence-electron chi connectivity index (χ3n) is 12.0. The molecule has 0 unspecified atom stereocenters. The normalized spacial score (nSPS) is 11.5. The first-order valence-electron chi connectivity index (χ1n) is 21.0. The molecule has 0 saturated carbocycles. The SMILES string of the molecule is c1ccc(-c2ccc(-n3c4ccccc4c4ccc5c6ccccc6n(-c6nc(-c7ccccc7)nc(-c7ccccc7-c7ccccc7)n6)c5c43)c(-c3ccccc3)c2)cc1. The van der Waals surface area contributed by atoms with E-state index in [1.807, 2.05) is 24.3 Å². The lowest BCUT2D eigenvalue weighted by Gasteiger charge is -2.17. The van der Waals surface area contributed by atoms with Crippen LogP contribution in [0.5, 0.6) is 0 Å². The van der Waals surface area contributed by atoms with Crippen LogP contribution in [0.15, 0.2) is 224 Å². The smallest absolute Gasteiger partial charge is 0.238 e. The molecule has 0 spiro atoms. The van der Waals surface area contributed by atoms with Crippen LogP contribution in [0.4, 0.5) is 0 Å². The Morgan fingerprint density at radius 2 is 0.742 bits per heavy atom. The summed E-state index contributed by atoms with van der Waals surface area (Å²) in [5.74, 6) is 1.76. The fourth-order valence-electron chi connectivity index (χ4n) is 9.20. The summed E-state index contributed by atoms with van der Waals surface area (Å²) in [6.45, 7) is 0. The van der Waals surface area contributed by atoms with E-state index >= 15 is 0 Å². The minimum Gasteiger partial charge on any atom is -0.307 e. The van der Waals surface area contributed by atoms with Gasteiger partial charge in [-0.25, -0.2) is 4.98 Å². The van der Waals surface area contributed by atoms with Crippen molar-refractivity contribution >= 4 is 43.6 Å². The van der Waals surface area contributed by atoms with Crippen molar-refractivity contribution in [3.63, 3.8) is 0 Å². The van der Waals surface area contributed by atoms with Crippen LogP contribution in [-0.2, 0) is 0 Å². The van der Waals surface area contributed by atoms with Crippen molar-refractivity contribution in [1.82, 2.24) is 24.1 Å². The minimum atomic E-state index is 0.551.